The Hall–Kier alpha value is -0.100. The largest absolute Gasteiger partial charge is 0.469 e. The van der Waals surface area contributed by atoms with Crippen molar-refractivity contribution in [3.63, 3.8) is 0 Å². The molecule has 0 amide bonds. The van der Waals surface area contributed by atoms with Crippen LogP contribution in [0.25, 0.3) is 0 Å². The molecule has 2 N–H and O–H groups in total. The molecule has 0 aliphatic rings. The average molecular weight is 365 g/mol. The standard InChI is InChI=1S/C11H11Br2NOS/c1-2-8-6(3-4-15-8)10(14)7-5-9(12)16-11(7)13/h3-5,10H,2,14H2,1H3. The fraction of sp³-hybridized carbons (Fsp3) is 0.273. The highest BCUT2D eigenvalue weighted by Crippen LogP contribution is 2.37. The Morgan fingerprint density at radius 3 is 2.75 bits per heavy atom. The summed E-state index contributed by atoms with van der Waals surface area (Å²) in [6.45, 7) is 2.06. The second kappa shape index (κ2) is 5.04. The van der Waals surface area contributed by atoms with Crippen molar-refractivity contribution in [1.29, 1.82) is 0 Å². The van der Waals surface area contributed by atoms with Gasteiger partial charge in [0.1, 0.15) is 5.76 Å². The first kappa shape index (κ1) is 12.4. The highest BCUT2D eigenvalue weighted by Gasteiger charge is 2.19. The Labute approximate surface area is 115 Å². The van der Waals surface area contributed by atoms with Gasteiger partial charge in [-0.25, -0.2) is 0 Å². The molecular formula is C11H11Br2NOS. The van der Waals surface area contributed by atoms with Crippen LogP contribution >= 0.6 is 43.2 Å². The van der Waals surface area contributed by atoms with Gasteiger partial charge in [0.25, 0.3) is 0 Å². The molecule has 2 nitrogen and oxygen atoms in total. The monoisotopic (exact) mass is 363 g/mol. The molecule has 5 heteroatoms. The third-order valence-corrected chi connectivity index (χ3v) is 4.84. The van der Waals surface area contributed by atoms with Crippen molar-refractivity contribution >= 4 is 43.2 Å². The Balaban J connectivity index is 2.38. The summed E-state index contributed by atoms with van der Waals surface area (Å²) in [5.41, 5.74) is 8.40. The number of furan rings is 1. The summed E-state index contributed by atoms with van der Waals surface area (Å²) in [5.74, 6) is 0.960. The molecule has 0 fully saturated rings. The van der Waals surface area contributed by atoms with Gasteiger partial charge >= 0.3 is 0 Å². The lowest BCUT2D eigenvalue weighted by atomic mass is 10.0. The Bertz CT molecular complexity index is 492. The van der Waals surface area contributed by atoms with Crippen molar-refractivity contribution < 1.29 is 4.42 Å². The zero-order valence-corrected chi connectivity index (χ0v) is 12.7. The van der Waals surface area contributed by atoms with Crippen LogP contribution in [0, 0.1) is 0 Å². The van der Waals surface area contributed by atoms with Gasteiger partial charge in [-0.15, -0.1) is 11.3 Å². The van der Waals surface area contributed by atoms with E-state index in [1.807, 2.05) is 12.1 Å². The van der Waals surface area contributed by atoms with Crippen LogP contribution in [0.3, 0.4) is 0 Å². The summed E-state index contributed by atoms with van der Waals surface area (Å²) in [6.07, 6.45) is 2.56. The summed E-state index contributed by atoms with van der Waals surface area (Å²) in [7, 11) is 0. The molecule has 0 aliphatic carbocycles. The van der Waals surface area contributed by atoms with Crippen molar-refractivity contribution in [3.05, 3.63) is 42.9 Å². The van der Waals surface area contributed by atoms with Gasteiger partial charge in [-0.1, -0.05) is 6.92 Å². The second-order valence-electron chi connectivity index (χ2n) is 3.41. The predicted octanol–water partition coefficient (Wildman–Crippen LogP) is 4.48. The van der Waals surface area contributed by atoms with E-state index in [-0.39, 0.29) is 6.04 Å². The summed E-state index contributed by atoms with van der Waals surface area (Å²) < 4.78 is 7.54. The molecule has 2 heterocycles. The molecule has 2 rings (SSSR count). The van der Waals surface area contributed by atoms with E-state index in [0.29, 0.717) is 0 Å². The number of aryl methyl sites for hydroxylation is 1. The maximum Gasteiger partial charge on any atom is 0.108 e. The minimum absolute atomic E-state index is 0.134. The van der Waals surface area contributed by atoms with Gasteiger partial charge in [0.2, 0.25) is 0 Å². The predicted molar refractivity (Wildman–Crippen MR) is 73.8 cm³/mol. The zero-order chi connectivity index (χ0) is 11.7. The molecule has 1 atom stereocenters. The Morgan fingerprint density at radius 2 is 2.19 bits per heavy atom. The minimum atomic E-state index is -0.134. The first-order chi connectivity index (χ1) is 7.63. The third kappa shape index (κ3) is 2.27. The van der Waals surface area contributed by atoms with E-state index in [1.165, 1.54) is 0 Å². The lowest BCUT2D eigenvalue weighted by molar-refractivity contribution is 0.509. The molecular weight excluding hydrogens is 354 g/mol. The average Bonchev–Trinajstić information content (AvgIpc) is 2.83. The van der Waals surface area contributed by atoms with E-state index < -0.39 is 0 Å². The molecule has 2 aromatic heterocycles. The van der Waals surface area contributed by atoms with Gasteiger partial charge in [-0.3, -0.25) is 0 Å². The maximum atomic E-state index is 6.25. The zero-order valence-electron chi connectivity index (χ0n) is 8.67. The molecule has 1 unspecified atom stereocenters. The van der Waals surface area contributed by atoms with E-state index in [2.05, 4.69) is 38.8 Å². The highest BCUT2D eigenvalue weighted by atomic mass is 79.9. The summed E-state index contributed by atoms with van der Waals surface area (Å²) in [6, 6.07) is 3.86. The summed E-state index contributed by atoms with van der Waals surface area (Å²) >= 11 is 8.62. The number of nitrogens with two attached hydrogens (primary N) is 1. The van der Waals surface area contributed by atoms with Gasteiger partial charge in [0.05, 0.1) is 19.9 Å². The van der Waals surface area contributed by atoms with Crippen molar-refractivity contribution in [2.24, 2.45) is 5.73 Å². The maximum absolute atomic E-state index is 6.25. The number of hydrogen-bond acceptors (Lipinski definition) is 3. The molecule has 0 radical (unpaired) electrons. The number of rotatable bonds is 3. The van der Waals surface area contributed by atoms with Gasteiger partial charge in [0.15, 0.2) is 0 Å². The molecule has 0 bridgehead atoms. The van der Waals surface area contributed by atoms with Crippen LogP contribution in [0.2, 0.25) is 0 Å². The molecule has 0 saturated carbocycles. The van der Waals surface area contributed by atoms with Crippen LogP contribution in [0.4, 0.5) is 0 Å². The molecule has 0 aliphatic heterocycles. The molecule has 2 aromatic rings. The van der Waals surface area contributed by atoms with Crippen LogP contribution in [-0.4, -0.2) is 0 Å². The summed E-state index contributed by atoms with van der Waals surface area (Å²) in [5, 5.41) is 0. The quantitative estimate of drug-likeness (QED) is 0.872. The van der Waals surface area contributed by atoms with Crippen LogP contribution in [0.15, 0.2) is 30.4 Å². The van der Waals surface area contributed by atoms with Crippen molar-refractivity contribution in [1.82, 2.24) is 0 Å². The van der Waals surface area contributed by atoms with Gasteiger partial charge in [-0.05, 0) is 49.6 Å². The van der Waals surface area contributed by atoms with Crippen molar-refractivity contribution in [2.45, 2.75) is 19.4 Å². The second-order valence-corrected chi connectivity index (χ2v) is 7.16. The molecule has 86 valence electrons. The highest BCUT2D eigenvalue weighted by molar-refractivity contribution is 9.12. The fourth-order valence-corrected chi connectivity index (χ4v) is 4.58. The van der Waals surface area contributed by atoms with Gasteiger partial charge < -0.3 is 10.2 Å². The van der Waals surface area contributed by atoms with Crippen LogP contribution in [0.5, 0.6) is 0 Å². The lowest BCUT2D eigenvalue weighted by Crippen LogP contribution is -2.12. The Morgan fingerprint density at radius 1 is 1.44 bits per heavy atom. The number of halogens is 2. The summed E-state index contributed by atoms with van der Waals surface area (Å²) in [4.78, 5) is 0. The van der Waals surface area contributed by atoms with Crippen LogP contribution in [-0.2, 0) is 6.42 Å². The van der Waals surface area contributed by atoms with E-state index in [9.17, 15) is 0 Å². The Kier molecular flexibility index (Phi) is 3.89. The first-order valence-electron chi connectivity index (χ1n) is 4.90. The first-order valence-corrected chi connectivity index (χ1v) is 7.30. The fourth-order valence-electron chi connectivity index (χ4n) is 1.65. The van der Waals surface area contributed by atoms with E-state index >= 15 is 0 Å². The van der Waals surface area contributed by atoms with Crippen LogP contribution in [0.1, 0.15) is 29.9 Å². The minimum Gasteiger partial charge on any atom is -0.469 e. The van der Waals surface area contributed by atoms with Gasteiger partial charge in [0, 0.05) is 12.0 Å². The van der Waals surface area contributed by atoms with Crippen molar-refractivity contribution in [2.75, 3.05) is 0 Å². The normalized spacial score (nSPS) is 13.0. The topological polar surface area (TPSA) is 39.2 Å². The lowest BCUT2D eigenvalue weighted by Gasteiger charge is -2.10. The third-order valence-electron chi connectivity index (χ3n) is 2.45. The molecule has 16 heavy (non-hydrogen) atoms. The SMILES string of the molecule is CCc1occc1C(N)c1cc(Br)sc1Br. The number of thiophene rings is 1. The van der Waals surface area contributed by atoms with E-state index in [4.69, 9.17) is 10.2 Å². The van der Waals surface area contributed by atoms with E-state index in [1.54, 1.807) is 17.6 Å². The molecule has 0 aromatic carbocycles. The molecule has 0 spiro atoms. The molecule has 0 saturated heterocycles. The van der Waals surface area contributed by atoms with Gasteiger partial charge in [-0.2, -0.15) is 0 Å². The number of hydrogen-bond donors (Lipinski definition) is 1. The van der Waals surface area contributed by atoms with Crippen molar-refractivity contribution in [3.8, 4) is 0 Å². The van der Waals surface area contributed by atoms with Crippen LogP contribution < -0.4 is 5.73 Å². The smallest absolute Gasteiger partial charge is 0.108 e. The van der Waals surface area contributed by atoms with E-state index in [0.717, 1.165) is 30.9 Å².